The summed E-state index contributed by atoms with van der Waals surface area (Å²) in [5.41, 5.74) is 2.89. The highest BCUT2D eigenvalue weighted by Crippen LogP contribution is 2.35. The van der Waals surface area contributed by atoms with Gasteiger partial charge in [0.2, 0.25) is 0 Å². The molecule has 2 aromatic rings. The van der Waals surface area contributed by atoms with Crippen LogP contribution in [0.2, 0.25) is 5.02 Å². The van der Waals surface area contributed by atoms with Gasteiger partial charge < -0.3 is 10.1 Å². The van der Waals surface area contributed by atoms with Crippen molar-refractivity contribution < 1.29 is 4.74 Å². The lowest BCUT2D eigenvalue weighted by Crippen LogP contribution is -1.97. The molecule has 0 aliphatic heterocycles. The Morgan fingerprint density at radius 1 is 1.33 bits per heavy atom. The zero-order chi connectivity index (χ0) is 13.3. The molecule has 0 atom stereocenters. The van der Waals surface area contributed by atoms with Gasteiger partial charge in [0.1, 0.15) is 11.6 Å². The Balaban J connectivity index is 2.61. The Hall–Kier alpha value is -1.68. The van der Waals surface area contributed by atoms with E-state index in [-0.39, 0.29) is 0 Å². The number of anilines is 1. The van der Waals surface area contributed by atoms with Crippen LogP contribution in [0.15, 0.2) is 18.2 Å². The number of hydrogen-bond acceptors (Lipinski definition) is 3. The van der Waals surface area contributed by atoms with Crippen molar-refractivity contribution in [3.8, 4) is 17.0 Å². The van der Waals surface area contributed by atoms with E-state index in [0.717, 1.165) is 33.4 Å². The number of aryl methyl sites for hydroxylation is 2. The van der Waals surface area contributed by atoms with Crippen LogP contribution in [-0.4, -0.2) is 23.9 Å². The van der Waals surface area contributed by atoms with E-state index >= 15 is 0 Å². The molecule has 0 aliphatic carbocycles. The first-order valence-corrected chi connectivity index (χ1v) is 6.01. The number of aromatic nitrogens is 2. The molecule has 1 heterocycles. The summed E-state index contributed by atoms with van der Waals surface area (Å²) >= 11 is 6.18. The van der Waals surface area contributed by atoms with Crippen LogP contribution in [0.1, 0.15) is 5.56 Å². The van der Waals surface area contributed by atoms with Crippen molar-refractivity contribution in [2.24, 2.45) is 7.05 Å². The molecule has 0 aliphatic rings. The summed E-state index contributed by atoms with van der Waals surface area (Å²) in [7, 11) is 5.39. The molecule has 0 saturated carbocycles. The molecule has 0 fully saturated rings. The van der Waals surface area contributed by atoms with Crippen LogP contribution < -0.4 is 10.1 Å². The Kier molecular flexibility index (Phi) is 3.48. The number of benzene rings is 1. The fourth-order valence-corrected chi connectivity index (χ4v) is 2.03. The summed E-state index contributed by atoms with van der Waals surface area (Å²) in [6.07, 6.45) is 0. The van der Waals surface area contributed by atoms with Crippen LogP contribution >= 0.6 is 11.6 Å². The molecule has 0 unspecified atom stereocenters. The largest absolute Gasteiger partial charge is 0.496 e. The number of methoxy groups -OCH3 is 1. The average molecular weight is 266 g/mol. The minimum Gasteiger partial charge on any atom is -0.496 e. The Morgan fingerprint density at radius 2 is 2.06 bits per heavy atom. The normalized spacial score (nSPS) is 10.5. The summed E-state index contributed by atoms with van der Waals surface area (Å²) < 4.78 is 7.21. The summed E-state index contributed by atoms with van der Waals surface area (Å²) in [5, 5.41) is 8.08. The summed E-state index contributed by atoms with van der Waals surface area (Å²) in [4.78, 5) is 0. The van der Waals surface area contributed by atoms with Crippen molar-refractivity contribution in [3.05, 3.63) is 28.8 Å². The minimum atomic E-state index is 0.720. The maximum Gasteiger partial charge on any atom is 0.148 e. The maximum atomic E-state index is 6.18. The smallest absolute Gasteiger partial charge is 0.148 e. The molecule has 1 N–H and O–H groups in total. The second-order valence-electron chi connectivity index (χ2n) is 4.09. The quantitative estimate of drug-likeness (QED) is 0.927. The molecule has 5 heteroatoms. The molecule has 0 bridgehead atoms. The predicted octanol–water partition coefficient (Wildman–Crippen LogP) is 3.10. The van der Waals surface area contributed by atoms with E-state index in [0.29, 0.717) is 0 Å². The Labute approximate surface area is 112 Å². The minimum absolute atomic E-state index is 0.720. The van der Waals surface area contributed by atoms with Gasteiger partial charge in [-0.15, -0.1) is 0 Å². The Morgan fingerprint density at radius 3 is 2.61 bits per heavy atom. The second-order valence-corrected chi connectivity index (χ2v) is 4.50. The molecule has 18 heavy (non-hydrogen) atoms. The Bertz CT molecular complexity index is 578. The van der Waals surface area contributed by atoms with Gasteiger partial charge in [-0.2, -0.15) is 5.10 Å². The number of halogens is 1. The van der Waals surface area contributed by atoms with Crippen molar-refractivity contribution in [2.45, 2.75) is 6.92 Å². The first kappa shape index (κ1) is 12.8. The summed E-state index contributed by atoms with van der Waals surface area (Å²) in [6, 6.07) is 5.80. The standard InChI is InChI=1S/C13H16ClN3O/c1-8-5-12(18-4)9(6-10(8)14)11-7-13(15-2)16-17(11)3/h5-7H,1-4H3,(H,15,16). The highest BCUT2D eigenvalue weighted by Gasteiger charge is 2.13. The van der Waals surface area contributed by atoms with E-state index in [2.05, 4.69) is 10.4 Å². The molecular formula is C13H16ClN3O. The first-order chi connectivity index (χ1) is 8.56. The van der Waals surface area contributed by atoms with Gasteiger partial charge in [-0.05, 0) is 24.6 Å². The van der Waals surface area contributed by atoms with E-state index in [1.165, 1.54) is 0 Å². The molecule has 0 saturated heterocycles. The SMILES string of the molecule is CNc1cc(-c2cc(Cl)c(C)cc2OC)n(C)n1. The number of rotatable bonds is 3. The summed E-state index contributed by atoms with van der Waals surface area (Å²) in [6.45, 7) is 1.96. The van der Waals surface area contributed by atoms with Crippen LogP contribution in [0, 0.1) is 6.92 Å². The summed E-state index contributed by atoms with van der Waals surface area (Å²) in [5.74, 6) is 1.61. The van der Waals surface area contributed by atoms with E-state index in [1.54, 1.807) is 11.8 Å². The molecule has 0 radical (unpaired) electrons. The number of hydrogen-bond donors (Lipinski definition) is 1. The number of ether oxygens (including phenoxy) is 1. The fraction of sp³-hybridized carbons (Fsp3) is 0.308. The van der Waals surface area contributed by atoms with Gasteiger partial charge in [0.15, 0.2) is 0 Å². The van der Waals surface area contributed by atoms with Gasteiger partial charge in [0, 0.05) is 30.7 Å². The predicted molar refractivity (Wildman–Crippen MR) is 74.5 cm³/mol. The monoisotopic (exact) mass is 265 g/mol. The van der Waals surface area contributed by atoms with Gasteiger partial charge >= 0.3 is 0 Å². The van der Waals surface area contributed by atoms with Crippen LogP contribution in [0.4, 0.5) is 5.82 Å². The van der Waals surface area contributed by atoms with Gasteiger partial charge in [-0.3, -0.25) is 4.68 Å². The van der Waals surface area contributed by atoms with Gasteiger partial charge in [0.05, 0.1) is 12.8 Å². The van der Waals surface area contributed by atoms with Crippen molar-refractivity contribution in [1.29, 1.82) is 0 Å². The van der Waals surface area contributed by atoms with Crippen molar-refractivity contribution in [2.75, 3.05) is 19.5 Å². The lowest BCUT2D eigenvalue weighted by molar-refractivity contribution is 0.415. The highest BCUT2D eigenvalue weighted by atomic mass is 35.5. The second kappa shape index (κ2) is 4.90. The van der Waals surface area contributed by atoms with Crippen molar-refractivity contribution in [1.82, 2.24) is 9.78 Å². The topological polar surface area (TPSA) is 39.1 Å². The van der Waals surface area contributed by atoms with Gasteiger partial charge in [-0.1, -0.05) is 11.6 Å². The van der Waals surface area contributed by atoms with E-state index < -0.39 is 0 Å². The van der Waals surface area contributed by atoms with Gasteiger partial charge in [-0.25, -0.2) is 0 Å². The van der Waals surface area contributed by atoms with Crippen LogP contribution in [0.3, 0.4) is 0 Å². The van der Waals surface area contributed by atoms with Crippen LogP contribution in [0.5, 0.6) is 5.75 Å². The molecular weight excluding hydrogens is 250 g/mol. The molecule has 0 spiro atoms. The van der Waals surface area contributed by atoms with E-state index in [4.69, 9.17) is 16.3 Å². The average Bonchev–Trinajstić information content (AvgIpc) is 2.73. The molecule has 96 valence electrons. The third-order valence-corrected chi connectivity index (χ3v) is 3.30. The lowest BCUT2D eigenvalue weighted by Gasteiger charge is -2.10. The zero-order valence-electron chi connectivity index (χ0n) is 10.9. The molecule has 0 amide bonds. The van der Waals surface area contributed by atoms with Crippen molar-refractivity contribution >= 4 is 17.4 Å². The third-order valence-electron chi connectivity index (χ3n) is 2.89. The molecule has 2 rings (SSSR count). The van der Waals surface area contributed by atoms with Gasteiger partial charge in [0.25, 0.3) is 0 Å². The molecule has 4 nitrogen and oxygen atoms in total. The maximum absolute atomic E-state index is 6.18. The van der Waals surface area contributed by atoms with Crippen molar-refractivity contribution in [3.63, 3.8) is 0 Å². The first-order valence-electron chi connectivity index (χ1n) is 5.63. The molecule has 1 aromatic carbocycles. The highest BCUT2D eigenvalue weighted by molar-refractivity contribution is 6.31. The fourth-order valence-electron chi connectivity index (χ4n) is 1.87. The van der Waals surface area contributed by atoms with Crippen LogP contribution in [0.25, 0.3) is 11.3 Å². The van der Waals surface area contributed by atoms with E-state index in [1.807, 2.05) is 39.2 Å². The van der Waals surface area contributed by atoms with Crippen LogP contribution in [-0.2, 0) is 7.05 Å². The zero-order valence-corrected chi connectivity index (χ0v) is 11.7. The van der Waals surface area contributed by atoms with E-state index in [9.17, 15) is 0 Å². The number of nitrogens with zero attached hydrogens (tertiary/aromatic N) is 2. The number of nitrogens with one attached hydrogen (secondary N) is 1. The lowest BCUT2D eigenvalue weighted by atomic mass is 10.1. The third kappa shape index (κ3) is 2.16. The molecule has 1 aromatic heterocycles.